The molecule has 164 valence electrons. The molecule has 0 spiro atoms. The Morgan fingerprint density at radius 3 is 1.77 bits per heavy atom. The van der Waals surface area contributed by atoms with Gasteiger partial charge in [-0.05, 0) is 73.8 Å². The first-order valence-corrected chi connectivity index (χ1v) is 12.1. The Bertz CT molecular complexity index is 780. The summed E-state index contributed by atoms with van der Waals surface area (Å²) >= 11 is 0. The second-order valence-corrected chi connectivity index (χ2v) is 11.8. The maximum absolute atomic E-state index is 6.47. The average molecular weight is 413 g/mol. The van der Waals surface area contributed by atoms with E-state index in [9.17, 15) is 0 Å². The molecular formula is C26H36O4. The zero-order valence-corrected chi connectivity index (χ0v) is 18.7. The second kappa shape index (κ2) is 6.87. The van der Waals surface area contributed by atoms with Gasteiger partial charge in [-0.2, -0.15) is 0 Å². The molecule has 4 aliphatic carbocycles. The predicted octanol–water partition coefficient (Wildman–Crippen LogP) is 5.01. The molecule has 0 amide bonds. The molecule has 7 rings (SSSR count). The third-order valence-corrected chi connectivity index (χ3v) is 8.10. The quantitative estimate of drug-likeness (QED) is 0.591. The monoisotopic (exact) mass is 412 g/mol. The Balaban J connectivity index is 1.46. The summed E-state index contributed by atoms with van der Waals surface area (Å²) in [5.74, 6) is 4.82. The SMILES string of the molecule is CC(C)(C)c1c(OCC2CO2)ccc(OCC2CO2)c1C12CC3CC(CC(C3)C1)C2. The van der Waals surface area contributed by atoms with Gasteiger partial charge in [-0.1, -0.05) is 20.8 Å². The summed E-state index contributed by atoms with van der Waals surface area (Å²) in [6.45, 7) is 9.98. The van der Waals surface area contributed by atoms with Gasteiger partial charge in [0.15, 0.2) is 0 Å². The van der Waals surface area contributed by atoms with Crippen molar-refractivity contribution in [3.05, 3.63) is 23.3 Å². The van der Waals surface area contributed by atoms with Crippen molar-refractivity contribution in [3.63, 3.8) is 0 Å². The minimum absolute atomic E-state index is 0.00609. The Morgan fingerprint density at radius 1 is 0.833 bits per heavy atom. The van der Waals surface area contributed by atoms with Crippen LogP contribution in [-0.4, -0.2) is 38.6 Å². The van der Waals surface area contributed by atoms with Crippen LogP contribution in [0.3, 0.4) is 0 Å². The molecule has 30 heavy (non-hydrogen) atoms. The topological polar surface area (TPSA) is 43.5 Å². The average Bonchev–Trinajstić information content (AvgIpc) is 3.58. The molecule has 2 unspecified atom stereocenters. The van der Waals surface area contributed by atoms with Crippen LogP contribution < -0.4 is 9.47 Å². The van der Waals surface area contributed by atoms with E-state index in [4.69, 9.17) is 18.9 Å². The third kappa shape index (κ3) is 3.54. The van der Waals surface area contributed by atoms with Gasteiger partial charge >= 0.3 is 0 Å². The van der Waals surface area contributed by atoms with Crippen LogP contribution in [0, 0.1) is 17.8 Å². The Hall–Kier alpha value is -1.26. The molecule has 1 aromatic rings. The van der Waals surface area contributed by atoms with Gasteiger partial charge in [0, 0.05) is 16.5 Å². The fraction of sp³-hybridized carbons (Fsp3) is 0.769. The van der Waals surface area contributed by atoms with Gasteiger partial charge < -0.3 is 18.9 Å². The van der Waals surface area contributed by atoms with Crippen molar-refractivity contribution in [3.8, 4) is 11.5 Å². The number of epoxide rings is 2. The van der Waals surface area contributed by atoms with Gasteiger partial charge in [-0.15, -0.1) is 0 Å². The fourth-order valence-corrected chi connectivity index (χ4v) is 7.19. The van der Waals surface area contributed by atoms with Crippen LogP contribution in [-0.2, 0) is 20.3 Å². The zero-order valence-electron chi connectivity index (χ0n) is 18.7. The minimum Gasteiger partial charge on any atom is -0.490 e. The van der Waals surface area contributed by atoms with Crippen molar-refractivity contribution in [1.82, 2.24) is 0 Å². The van der Waals surface area contributed by atoms with E-state index in [-0.39, 0.29) is 23.0 Å². The highest BCUT2D eigenvalue weighted by Crippen LogP contribution is 2.63. The summed E-state index contributed by atoms with van der Waals surface area (Å²) in [5.41, 5.74) is 3.10. The lowest BCUT2D eigenvalue weighted by Crippen LogP contribution is -2.49. The maximum Gasteiger partial charge on any atom is 0.123 e. The van der Waals surface area contributed by atoms with Crippen LogP contribution >= 0.6 is 0 Å². The lowest BCUT2D eigenvalue weighted by molar-refractivity contribution is -0.00739. The molecule has 4 heteroatoms. The molecule has 0 aromatic heterocycles. The first kappa shape index (κ1) is 19.4. The molecule has 2 aliphatic heterocycles. The third-order valence-electron chi connectivity index (χ3n) is 8.10. The van der Waals surface area contributed by atoms with Crippen molar-refractivity contribution in [1.29, 1.82) is 0 Å². The van der Waals surface area contributed by atoms with E-state index >= 15 is 0 Å². The minimum atomic E-state index is -0.00609. The summed E-state index contributed by atoms with van der Waals surface area (Å²) in [4.78, 5) is 0. The smallest absolute Gasteiger partial charge is 0.123 e. The van der Waals surface area contributed by atoms with E-state index in [1.165, 1.54) is 49.7 Å². The molecule has 2 heterocycles. The molecule has 4 nitrogen and oxygen atoms in total. The Labute approximate surface area is 180 Å². The first-order valence-electron chi connectivity index (χ1n) is 12.1. The van der Waals surface area contributed by atoms with E-state index in [0.29, 0.717) is 13.2 Å². The van der Waals surface area contributed by atoms with Crippen molar-refractivity contribution in [2.75, 3.05) is 26.4 Å². The molecule has 1 aromatic carbocycles. The summed E-state index contributed by atoms with van der Waals surface area (Å²) in [7, 11) is 0. The molecule has 6 aliphatic rings. The highest BCUT2D eigenvalue weighted by Gasteiger charge is 2.54. The largest absolute Gasteiger partial charge is 0.490 e. The van der Waals surface area contributed by atoms with Crippen molar-refractivity contribution in [2.24, 2.45) is 17.8 Å². The fourth-order valence-electron chi connectivity index (χ4n) is 7.19. The number of ether oxygens (including phenoxy) is 4. The molecule has 2 atom stereocenters. The summed E-state index contributed by atoms with van der Waals surface area (Å²) in [6, 6.07) is 4.34. The molecule has 4 saturated carbocycles. The van der Waals surface area contributed by atoms with Gasteiger partial charge in [0.25, 0.3) is 0 Å². The predicted molar refractivity (Wildman–Crippen MR) is 115 cm³/mol. The molecule has 2 saturated heterocycles. The van der Waals surface area contributed by atoms with E-state index in [1.807, 2.05) is 0 Å². The standard InChI is InChI=1S/C26H36O4/c1-25(2,3)23-21(29-14-19-12-27-19)4-5-22(30-15-20-13-28-20)24(23)26-9-16-6-17(10-26)8-18(7-16)11-26/h4-5,16-20H,6-15H2,1-3H3. The summed E-state index contributed by atoms with van der Waals surface area (Å²) in [6.07, 6.45) is 8.87. The van der Waals surface area contributed by atoms with Gasteiger partial charge in [0.05, 0.1) is 13.2 Å². The molecule has 0 N–H and O–H groups in total. The van der Waals surface area contributed by atoms with Gasteiger partial charge in [0.1, 0.15) is 36.9 Å². The van der Waals surface area contributed by atoms with Crippen molar-refractivity contribution < 1.29 is 18.9 Å². The molecule has 6 fully saturated rings. The number of benzene rings is 1. The number of hydrogen-bond donors (Lipinski definition) is 0. The van der Waals surface area contributed by atoms with Crippen LogP contribution in [0.15, 0.2) is 12.1 Å². The Kier molecular flexibility index (Phi) is 4.45. The van der Waals surface area contributed by atoms with Crippen LogP contribution in [0.25, 0.3) is 0 Å². The van der Waals surface area contributed by atoms with E-state index in [1.54, 1.807) is 0 Å². The normalized spacial score (nSPS) is 38.6. The maximum atomic E-state index is 6.47. The van der Waals surface area contributed by atoms with Crippen LogP contribution in [0.2, 0.25) is 0 Å². The summed E-state index contributed by atoms with van der Waals surface area (Å²) < 4.78 is 23.7. The van der Waals surface area contributed by atoms with Crippen LogP contribution in [0.1, 0.15) is 70.4 Å². The highest BCUT2D eigenvalue weighted by molar-refractivity contribution is 5.56. The van der Waals surface area contributed by atoms with Gasteiger partial charge in [0.2, 0.25) is 0 Å². The molecular weight excluding hydrogens is 376 g/mol. The first-order chi connectivity index (χ1) is 14.4. The number of hydrogen-bond acceptors (Lipinski definition) is 4. The van der Waals surface area contributed by atoms with E-state index in [2.05, 4.69) is 32.9 Å². The van der Waals surface area contributed by atoms with E-state index in [0.717, 1.165) is 42.5 Å². The lowest BCUT2D eigenvalue weighted by Gasteiger charge is -2.58. The van der Waals surface area contributed by atoms with E-state index < -0.39 is 0 Å². The van der Waals surface area contributed by atoms with Crippen molar-refractivity contribution >= 4 is 0 Å². The summed E-state index contributed by atoms with van der Waals surface area (Å²) in [5, 5.41) is 0. The highest BCUT2D eigenvalue weighted by atomic mass is 16.6. The molecule has 4 bridgehead atoms. The lowest BCUT2D eigenvalue weighted by atomic mass is 9.47. The second-order valence-electron chi connectivity index (χ2n) is 11.8. The van der Waals surface area contributed by atoms with Crippen molar-refractivity contribution in [2.45, 2.75) is 82.3 Å². The van der Waals surface area contributed by atoms with Gasteiger partial charge in [-0.3, -0.25) is 0 Å². The van der Waals surface area contributed by atoms with Crippen LogP contribution in [0.4, 0.5) is 0 Å². The Morgan fingerprint density at radius 2 is 1.30 bits per heavy atom. The zero-order chi connectivity index (χ0) is 20.5. The van der Waals surface area contributed by atoms with Crippen LogP contribution in [0.5, 0.6) is 11.5 Å². The van der Waals surface area contributed by atoms with Gasteiger partial charge in [-0.25, -0.2) is 0 Å². The molecule has 0 radical (unpaired) electrons. The number of rotatable bonds is 7.